The average Bonchev–Trinajstić information content (AvgIpc) is 3.10. The molecule has 0 saturated carbocycles. The highest BCUT2D eigenvalue weighted by molar-refractivity contribution is 8.15. The first-order valence-corrected chi connectivity index (χ1v) is 9.11. The van der Waals surface area contributed by atoms with Gasteiger partial charge < -0.3 is 4.57 Å². The lowest BCUT2D eigenvalue weighted by Gasteiger charge is -2.06. The SMILES string of the molecule is CN1C(=O)SC(c2cn(Cc3ccc(Cl)cc3)c3ccccc23)C1=O. The Morgan fingerprint density at radius 2 is 1.80 bits per heavy atom. The molecular weight excluding hydrogens is 356 g/mol. The molecule has 4 rings (SSSR count). The minimum absolute atomic E-state index is 0.163. The summed E-state index contributed by atoms with van der Waals surface area (Å²) in [4.78, 5) is 25.5. The number of hydrogen-bond acceptors (Lipinski definition) is 3. The summed E-state index contributed by atoms with van der Waals surface area (Å²) in [6.07, 6.45) is 1.99. The second kappa shape index (κ2) is 6.24. The standard InChI is InChI=1S/C19H15ClN2O2S/c1-21-18(23)17(25-19(21)24)15-11-22(16-5-3-2-4-14(15)16)10-12-6-8-13(20)9-7-12/h2-9,11,17H,10H2,1H3. The first-order valence-electron chi connectivity index (χ1n) is 7.85. The van der Waals surface area contributed by atoms with Gasteiger partial charge in [0.25, 0.3) is 5.24 Å². The maximum Gasteiger partial charge on any atom is 0.289 e. The second-order valence-corrected chi connectivity index (χ2v) is 7.51. The predicted octanol–water partition coefficient (Wildman–Crippen LogP) is 4.71. The highest BCUT2D eigenvalue weighted by atomic mass is 35.5. The number of likely N-dealkylation sites (N-methyl/N-ethyl adjacent to an activating group) is 1. The smallest absolute Gasteiger partial charge is 0.289 e. The van der Waals surface area contributed by atoms with Crippen molar-refractivity contribution in [1.82, 2.24) is 9.47 Å². The zero-order valence-electron chi connectivity index (χ0n) is 13.5. The van der Waals surface area contributed by atoms with E-state index in [1.165, 1.54) is 11.9 Å². The molecule has 0 aliphatic carbocycles. The van der Waals surface area contributed by atoms with Gasteiger partial charge in [0.15, 0.2) is 0 Å². The number of para-hydroxylation sites is 1. The summed E-state index contributed by atoms with van der Waals surface area (Å²) in [5.41, 5.74) is 3.05. The lowest BCUT2D eigenvalue weighted by molar-refractivity contribution is -0.125. The minimum atomic E-state index is -0.478. The maximum absolute atomic E-state index is 12.4. The van der Waals surface area contributed by atoms with Crippen LogP contribution in [0.15, 0.2) is 54.7 Å². The van der Waals surface area contributed by atoms with Crippen molar-refractivity contribution in [3.8, 4) is 0 Å². The van der Waals surface area contributed by atoms with E-state index in [4.69, 9.17) is 11.6 Å². The van der Waals surface area contributed by atoms with Gasteiger partial charge in [-0.1, -0.05) is 41.9 Å². The van der Waals surface area contributed by atoms with Crippen molar-refractivity contribution >= 4 is 45.4 Å². The molecule has 0 radical (unpaired) electrons. The van der Waals surface area contributed by atoms with Crippen LogP contribution in [0.3, 0.4) is 0 Å². The van der Waals surface area contributed by atoms with Crippen LogP contribution >= 0.6 is 23.4 Å². The molecule has 0 N–H and O–H groups in total. The van der Waals surface area contributed by atoms with Crippen LogP contribution in [-0.4, -0.2) is 27.7 Å². The number of nitrogens with zero attached hydrogens (tertiary/aromatic N) is 2. The molecule has 3 aromatic rings. The molecule has 6 heteroatoms. The highest BCUT2D eigenvalue weighted by Gasteiger charge is 2.39. The lowest BCUT2D eigenvalue weighted by atomic mass is 10.1. The molecule has 1 atom stereocenters. The van der Waals surface area contributed by atoms with E-state index in [0.29, 0.717) is 11.6 Å². The topological polar surface area (TPSA) is 42.3 Å². The summed E-state index contributed by atoms with van der Waals surface area (Å²) in [6, 6.07) is 15.7. The number of fused-ring (bicyclic) bond motifs is 1. The van der Waals surface area contributed by atoms with E-state index in [-0.39, 0.29) is 11.1 Å². The lowest BCUT2D eigenvalue weighted by Crippen LogP contribution is -2.24. The molecule has 1 aliphatic rings. The molecule has 25 heavy (non-hydrogen) atoms. The number of thioether (sulfide) groups is 1. The molecule has 4 nitrogen and oxygen atoms in total. The molecule has 2 heterocycles. The number of halogens is 1. The van der Waals surface area contributed by atoms with Crippen LogP contribution < -0.4 is 0 Å². The number of imide groups is 1. The fraction of sp³-hybridized carbons (Fsp3) is 0.158. The van der Waals surface area contributed by atoms with Crippen LogP contribution in [-0.2, 0) is 11.3 Å². The Bertz CT molecular complexity index is 981. The summed E-state index contributed by atoms with van der Waals surface area (Å²) < 4.78 is 2.12. The van der Waals surface area contributed by atoms with Gasteiger partial charge in [-0.15, -0.1) is 0 Å². The Hall–Kier alpha value is -2.24. The van der Waals surface area contributed by atoms with Crippen LogP contribution in [0.25, 0.3) is 10.9 Å². The number of carbonyl (C=O) groups excluding carboxylic acids is 2. The van der Waals surface area contributed by atoms with Crippen molar-refractivity contribution in [1.29, 1.82) is 0 Å². The number of benzene rings is 2. The third kappa shape index (κ3) is 2.83. The maximum atomic E-state index is 12.4. The van der Waals surface area contributed by atoms with Crippen LogP contribution in [0.1, 0.15) is 16.4 Å². The summed E-state index contributed by atoms with van der Waals surface area (Å²) in [5, 5.41) is 1.03. The molecule has 1 aromatic heterocycles. The van der Waals surface area contributed by atoms with Gasteiger partial charge in [-0.2, -0.15) is 0 Å². The number of amides is 2. The summed E-state index contributed by atoms with van der Waals surface area (Å²) in [7, 11) is 1.53. The van der Waals surface area contributed by atoms with Crippen molar-refractivity contribution in [2.24, 2.45) is 0 Å². The van der Waals surface area contributed by atoms with Crippen LogP contribution in [0.2, 0.25) is 5.02 Å². The molecule has 126 valence electrons. The molecule has 1 saturated heterocycles. The molecule has 1 aliphatic heterocycles. The highest BCUT2D eigenvalue weighted by Crippen LogP contribution is 2.42. The Kier molecular flexibility index (Phi) is 4.06. The number of hydrogen-bond donors (Lipinski definition) is 0. The zero-order valence-corrected chi connectivity index (χ0v) is 15.1. The second-order valence-electron chi connectivity index (χ2n) is 6.02. The molecule has 1 fully saturated rings. The van der Waals surface area contributed by atoms with Crippen LogP contribution in [0, 0.1) is 0 Å². The average molecular weight is 371 g/mol. The summed E-state index contributed by atoms with van der Waals surface area (Å²) in [5.74, 6) is -0.163. The van der Waals surface area contributed by atoms with E-state index in [2.05, 4.69) is 4.57 Å². The van der Waals surface area contributed by atoms with Crippen molar-refractivity contribution in [3.05, 3.63) is 70.9 Å². The normalized spacial score (nSPS) is 17.7. The Labute approximate surface area is 154 Å². The predicted molar refractivity (Wildman–Crippen MR) is 101 cm³/mol. The third-order valence-corrected chi connectivity index (χ3v) is 5.83. The number of carbonyl (C=O) groups is 2. The molecular formula is C19H15ClN2O2S. The largest absolute Gasteiger partial charge is 0.343 e. The van der Waals surface area contributed by atoms with Crippen molar-refractivity contribution in [2.45, 2.75) is 11.8 Å². The fourth-order valence-electron chi connectivity index (χ4n) is 3.09. The Morgan fingerprint density at radius 1 is 1.08 bits per heavy atom. The van der Waals surface area contributed by atoms with Gasteiger partial charge in [0, 0.05) is 41.3 Å². The van der Waals surface area contributed by atoms with Gasteiger partial charge in [0.2, 0.25) is 5.91 Å². The minimum Gasteiger partial charge on any atom is -0.343 e. The van der Waals surface area contributed by atoms with Crippen LogP contribution in [0.4, 0.5) is 4.79 Å². The fourth-order valence-corrected chi connectivity index (χ4v) is 4.24. The van der Waals surface area contributed by atoms with E-state index in [0.717, 1.165) is 33.8 Å². The van der Waals surface area contributed by atoms with Gasteiger partial charge in [-0.3, -0.25) is 14.5 Å². The van der Waals surface area contributed by atoms with E-state index in [1.54, 1.807) is 0 Å². The summed E-state index contributed by atoms with van der Waals surface area (Å²) in [6.45, 7) is 0.674. The number of rotatable bonds is 3. The molecule has 2 aromatic carbocycles. The van der Waals surface area contributed by atoms with E-state index in [9.17, 15) is 9.59 Å². The van der Waals surface area contributed by atoms with Gasteiger partial charge in [-0.25, -0.2) is 0 Å². The van der Waals surface area contributed by atoms with E-state index < -0.39 is 5.25 Å². The number of aromatic nitrogens is 1. The first kappa shape index (κ1) is 16.2. The van der Waals surface area contributed by atoms with Crippen molar-refractivity contribution in [3.63, 3.8) is 0 Å². The monoisotopic (exact) mass is 370 g/mol. The van der Waals surface area contributed by atoms with E-state index >= 15 is 0 Å². The quantitative estimate of drug-likeness (QED) is 0.670. The van der Waals surface area contributed by atoms with Gasteiger partial charge >= 0.3 is 0 Å². The third-order valence-electron chi connectivity index (χ3n) is 4.42. The van der Waals surface area contributed by atoms with E-state index in [1.807, 2.05) is 54.7 Å². The van der Waals surface area contributed by atoms with Crippen molar-refractivity contribution < 1.29 is 9.59 Å². The van der Waals surface area contributed by atoms with Gasteiger partial charge in [0.05, 0.1) is 0 Å². The Balaban J connectivity index is 1.78. The molecule has 1 unspecified atom stereocenters. The molecule has 0 spiro atoms. The van der Waals surface area contributed by atoms with Crippen LogP contribution in [0.5, 0.6) is 0 Å². The van der Waals surface area contributed by atoms with Gasteiger partial charge in [0.1, 0.15) is 5.25 Å². The molecule has 2 amide bonds. The first-order chi connectivity index (χ1) is 12.0. The Morgan fingerprint density at radius 3 is 2.48 bits per heavy atom. The summed E-state index contributed by atoms with van der Waals surface area (Å²) >= 11 is 7.04. The zero-order chi connectivity index (χ0) is 17.6. The van der Waals surface area contributed by atoms with Gasteiger partial charge in [-0.05, 0) is 35.5 Å². The van der Waals surface area contributed by atoms with Crippen molar-refractivity contribution in [2.75, 3.05) is 7.05 Å². The molecule has 0 bridgehead atoms.